The average molecular weight is 402 g/mol. The van der Waals surface area contributed by atoms with Gasteiger partial charge in [0.1, 0.15) is 0 Å². The second-order valence-electron chi connectivity index (χ2n) is 5.86. The van der Waals surface area contributed by atoms with Gasteiger partial charge in [-0.05, 0) is 48.1 Å². The fourth-order valence-electron chi connectivity index (χ4n) is 3.21. The summed E-state index contributed by atoms with van der Waals surface area (Å²) in [6.45, 7) is 0.775. The number of aromatic amines is 1. The number of H-pyrrole nitrogens is 1. The largest absolute Gasteiger partial charge is 0.330 e. The summed E-state index contributed by atoms with van der Waals surface area (Å²) in [5.41, 5.74) is 2.55. The van der Waals surface area contributed by atoms with Crippen LogP contribution in [0.25, 0.3) is 10.6 Å². The van der Waals surface area contributed by atoms with Crippen LogP contribution < -0.4 is 0 Å². The molecule has 2 aromatic heterocycles. The van der Waals surface area contributed by atoms with Gasteiger partial charge in [-0.25, -0.2) is 0 Å². The quantitative estimate of drug-likeness (QED) is 0.679. The maximum absolute atomic E-state index is 12.9. The van der Waals surface area contributed by atoms with Crippen molar-refractivity contribution in [1.29, 1.82) is 0 Å². The molecule has 24 heavy (non-hydrogen) atoms. The zero-order valence-electron chi connectivity index (χ0n) is 12.9. The first-order valence-corrected chi connectivity index (χ1v) is 9.55. The summed E-state index contributed by atoms with van der Waals surface area (Å²) in [6.07, 6.45) is 2.01. The van der Waals surface area contributed by atoms with Gasteiger partial charge in [0.2, 0.25) is 0 Å². The number of thiophene rings is 1. The molecule has 0 bridgehead atoms. The van der Waals surface area contributed by atoms with Gasteiger partial charge < -0.3 is 4.90 Å². The van der Waals surface area contributed by atoms with Crippen LogP contribution in [0.3, 0.4) is 0 Å². The van der Waals surface area contributed by atoms with Gasteiger partial charge in [-0.1, -0.05) is 34.1 Å². The third-order valence-electron chi connectivity index (χ3n) is 4.33. The predicted octanol–water partition coefficient (Wildman–Crippen LogP) is 4.88. The molecule has 1 N–H and O–H groups in total. The zero-order chi connectivity index (χ0) is 16.5. The van der Waals surface area contributed by atoms with Crippen LogP contribution in [0.15, 0.2) is 52.3 Å². The van der Waals surface area contributed by atoms with E-state index >= 15 is 0 Å². The molecule has 1 unspecified atom stereocenters. The lowest BCUT2D eigenvalue weighted by Gasteiger charge is -2.24. The molecule has 3 aromatic rings. The second kappa shape index (κ2) is 6.53. The highest BCUT2D eigenvalue weighted by molar-refractivity contribution is 9.10. The number of rotatable bonds is 3. The first-order valence-electron chi connectivity index (χ1n) is 7.88. The van der Waals surface area contributed by atoms with Crippen molar-refractivity contribution in [3.63, 3.8) is 0 Å². The Morgan fingerprint density at radius 3 is 3.00 bits per heavy atom. The molecule has 0 aliphatic carbocycles. The molecule has 1 aromatic carbocycles. The van der Waals surface area contributed by atoms with Gasteiger partial charge in [0.05, 0.1) is 16.6 Å². The van der Waals surface area contributed by atoms with E-state index in [1.807, 2.05) is 40.6 Å². The highest BCUT2D eigenvalue weighted by Gasteiger charge is 2.31. The highest BCUT2D eigenvalue weighted by atomic mass is 79.9. The third kappa shape index (κ3) is 2.91. The Morgan fingerprint density at radius 2 is 2.21 bits per heavy atom. The average Bonchev–Trinajstić information content (AvgIpc) is 3.33. The summed E-state index contributed by atoms with van der Waals surface area (Å²) in [6, 6.07) is 14.2. The maximum Gasteiger partial charge on any atom is 0.274 e. The molecule has 1 atom stereocenters. The Labute approximate surface area is 152 Å². The van der Waals surface area contributed by atoms with Crippen LogP contribution in [0, 0.1) is 0 Å². The number of carbonyl (C=O) groups is 1. The highest BCUT2D eigenvalue weighted by Crippen LogP contribution is 2.34. The maximum atomic E-state index is 12.9. The van der Waals surface area contributed by atoms with E-state index in [0.717, 1.165) is 34.4 Å². The van der Waals surface area contributed by atoms with Gasteiger partial charge >= 0.3 is 0 Å². The van der Waals surface area contributed by atoms with Gasteiger partial charge in [0, 0.05) is 11.0 Å². The van der Waals surface area contributed by atoms with E-state index in [2.05, 4.69) is 38.3 Å². The molecule has 4 nitrogen and oxygen atoms in total. The van der Waals surface area contributed by atoms with Crippen LogP contribution in [-0.4, -0.2) is 27.5 Å². The van der Waals surface area contributed by atoms with E-state index < -0.39 is 0 Å². The Balaban J connectivity index is 1.59. The number of halogens is 1. The van der Waals surface area contributed by atoms with Crippen molar-refractivity contribution in [2.24, 2.45) is 0 Å². The number of nitrogens with one attached hydrogen (secondary N) is 1. The first-order chi connectivity index (χ1) is 11.7. The fraction of sp³-hybridized carbons (Fsp3) is 0.222. The number of likely N-dealkylation sites (tertiary alicyclic amines) is 1. The molecule has 1 aliphatic heterocycles. The van der Waals surface area contributed by atoms with E-state index in [-0.39, 0.29) is 11.9 Å². The molecule has 1 fully saturated rings. The minimum absolute atomic E-state index is 0.00321. The van der Waals surface area contributed by atoms with E-state index in [1.165, 1.54) is 5.56 Å². The van der Waals surface area contributed by atoms with Crippen molar-refractivity contribution in [3.8, 4) is 10.6 Å². The minimum Gasteiger partial charge on any atom is -0.330 e. The minimum atomic E-state index is -0.00321. The summed E-state index contributed by atoms with van der Waals surface area (Å²) < 4.78 is 1.04. The van der Waals surface area contributed by atoms with Crippen molar-refractivity contribution < 1.29 is 4.79 Å². The van der Waals surface area contributed by atoms with Gasteiger partial charge in [0.15, 0.2) is 5.69 Å². The van der Waals surface area contributed by atoms with Crippen LogP contribution in [0.5, 0.6) is 0 Å². The lowest BCUT2D eigenvalue weighted by molar-refractivity contribution is 0.0729. The lowest BCUT2D eigenvalue weighted by atomic mass is 10.0. The number of hydrogen-bond donors (Lipinski definition) is 1. The Bertz CT molecular complexity index is 859. The molecule has 3 heterocycles. The molecular weight excluding hydrogens is 386 g/mol. The van der Waals surface area contributed by atoms with E-state index in [0.29, 0.717) is 5.69 Å². The normalized spacial score (nSPS) is 17.4. The Morgan fingerprint density at radius 1 is 1.29 bits per heavy atom. The Kier molecular flexibility index (Phi) is 4.24. The number of amides is 1. The number of aromatic nitrogens is 2. The van der Waals surface area contributed by atoms with Crippen LogP contribution in [-0.2, 0) is 0 Å². The predicted molar refractivity (Wildman–Crippen MR) is 99.1 cm³/mol. The van der Waals surface area contributed by atoms with Crippen molar-refractivity contribution >= 4 is 33.2 Å². The number of hydrogen-bond acceptors (Lipinski definition) is 3. The van der Waals surface area contributed by atoms with Crippen LogP contribution >= 0.6 is 27.3 Å². The van der Waals surface area contributed by atoms with Gasteiger partial charge in [-0.2, -0.15) is 5.10 Å². The number of benzene rings is 1. The number of carbonyl (C=O) groups excluding carboxylic acids is 1. The van der Waals surface area contributed by atoms with Crippen LogP contribution in [0.4, 0.5) is 0 Å². The Hall–Kier alpha value is -1.92. The van der Waals surface area contributed by atoms with E-state index in [9.17, 15) is 4.79 Å². The third-order valence-corrected chi connectivity index (χ3v) is 5.73. The summed E-state index contributed by atoms with van der Waals surface area (Å²) >= 11 is 5.15. The monoisotopic (exact) mass is 401 g/mol. The van der Waals surface area contributed by atoms with Gasteiger partial charge in [-0.3, -0.25) is 9.89 Å². The summed E-state index contributed by atoms with van der Waals surface area (Å²) in [4.78, 5) is 16.0. The molecule has 0 saturated carbocycles. The molecule has 122 valence electrons. The standard InChI is InChI=1S/C18H16BrN3OS/c19-13-5-1-4-12(10-13)16-6-2-8-22(16)18(23)15-11-14(20-21-15)17-7-3-9-24-17/h1,3-5,7,9-11,16H,2,6,8H2,(H,20,21). The van der Waals surface area contributed by atoms with Crippen molar-refractivity contribution in [1.82, 2.24) is 15.1 Å². The SMILES string of the molecule is O=C(c1cc(-c2cccs2)[nH]n1)N1CCCC1c1cccc(Br)c1. The van der Waals surface area contributed by atoms with Crippen LogP contribution in [0.1, 0.15) is 34.9 Å². The zero-order valence-corrected chi connectivity index (χ0v) is 15.3. The number of nitrogens with zero attached hydrogens (tertiary/aromatic N) is 2. The van der Waals surface area contributed by atoms with E-state index in [1.54, 1.807) is 11.3 Å². The molecule has 0 radical (unpaired) electrons. The first kappa shape index (κ1) is 15.6. The van der Waals surface area contributed by atoms with Gasteiger partial charge in [0.25, 0.3) is 5.91 Å². The molecule has 1 amide bonds. The summed E-state index contributed by atoms with van der Waals surface area (Å²) in [5, 5.41) is 9.24. The van der Waals surface area contributed by atoms with Crippen molar-refractivity contribution in [2.45, 2.75) is 18.9 Å². The fourth-order valence-corrected chi connectivity index (χ4v) is 4.32. The second-order valence-corrected chi connectivity index (χ2v) is 7.72. The van der Waals surface area contributed by atoms with Crippen LogP contribution in [0.2, 0.25) is 0 Å². The molecule has 4 rings (SSSR count). The lowest BCUT2D eigenvalue weighted by Crippen LogP contribution is -2.30. The van der Waals surface area contributed by atoms with E-state index in [4.69, 9.17) is 0 Å². The summed E-state index contributed by atoms with van der Waals surface area (Å²) in [5.74, 6) is -0.00321. The molecule has 6 heteroatoms. The van der Waals surface area contributed by atoms with Gasteiger partial charge in [-0.15, -0.1) is 11.3 Å². The smallest absolute Gasteiger partial charge is 0.274 e. The van der Waals surface area contributed by atoms with Crippen molar-refractivity contribution in [3.05, 3.63) is 63.6 Å². The molecule has 1 aliphatic rings. The summed E-state index contributed by atoms with van der Waals surface area (Å²) in [7, 11) is 0. The van der Waals surface area contributed by atoms with Crippen molar-refractivity contribution in [2.75, 3.05) is 6.54 Å². The molecule has 1 saturated heterocycles. The molecular formula is C18H16BrN3OS. The topological polar surface area (TPSA) is 49.0 Å². The molecule has 0 spiro atoms.